The monoisotopic (exact) mass is 306 g/mol. The Bertz CT molecular complexity index is 838. The van der Waals surface area contributed by atoms with Gasteiger partial charge >= 0.3 is 5.97 Å². The molecule has 0 saturated heterocycles. The van der Waals surface area contributed by atoms with Gasteiger partial charge in [0.05, 0.1) is 12.7 Å². The van der Waals surface area contributed by atoms with Crippen molar-refractivity contribution in [3.63, 3.8) is 0 Å². The van der Waals surface area contributed by atoms with E-state index < -0.39 is 0 Å². The predicted molar refractivity (Wildman–Crippen MR) is 91.5 cm³/mol. The second kappa shape index (κ2) is 6.63. The van der Waals surface area contributed by atoms with Crippen molar-refractivity contribution in [1.29, 1.82) is 0 Å². The van der Waals surface area contributed by atoms with E-state index in [0.29, 0.717) is 12.0 Å². The smallest absolute Gasteiger partial charge is 0.337 e. The third-order valence-electron chi connectivity index (χ3n) is 3.97. The second-order valence-electron chi connectivity index (χ2n) is 5.37. The highest BCUT2D eigenvalue weighted by Gasteiger charge is 2.13. The summed E-state index contributed by atoms with van der Waals surface area (Å²) in [5, 5.41) is 11.4. The zero-order chi connectivity index (χ0) is 16.2. The molecule has 0 aliphatic rings. The van der Waals surface area contributed by atoms with Crippen LogP contribution in [-0.4, -0.2) is 24.8 Å². The SMILES string of the molecule is COC(=O)c1cc(CCO)c2cccc(-c3ccccc3)c2c1. The second-order valence-corrected chi connectivity index (χ2v) is 5.37. The molecule has 3 aromatic carbocycles. The zero-order valence-corrected chi connectivity index (χ0v) is 13.0. The highest BCUT2D eigenvalue weighted by Crippen LogP contribution is 2.32. The number of ether oxygens (including phenoxy) is 1. The summed E-state index contributed by atoms with van der Waals surface area (Å²) in [5.74, 6) is -0.367. The van der Waals surface area contributed by atoms with Crippen molar-refractivity contribution in [3.05, 3.63) is 71.8 Å². The first-order valence-corrected chi connectivity index (χ1v) is 7.55. The lowest BCUT2D eigenvalue weighted by atomic mass is 9.93. The van der Waals surface area contributed by atoms with Gasteiger partial charge in [-0.2, -0.15) is 0 Å². The minimum atomic E-state index is -0.367. The number of carbonyl (C=O) groups excluding carboxylic acids is 1. The quantitative estimate of drug-likeness (QED) is 0.745. The molecule has 0 unspecified atom stereocenters. The van der Waals surface area contributed by atoms with Crippen molar-refractivity contribution < 1.29 is 14.6 Å². The highest BCUT2D eigenvalue weighted by atomic mass is 16.5. The van der Waals surface area contributed by atoms with Crippen molar-refractivity contribution in [1.82, 2.24) is 0 Å². The Hall–Kier alpha value is -2.65. The topological polar surface area (TPSA) is 46.5 Å². The normalized spacial score (nSPS) is 10.7. The number of aliphatic hydroxyl groups excluding tert-OH is 1. The molecule has 1 N–H and O–H groups in total. The van der Waals surface area contributed by atoms with Crippen LogP contribution < -0.4 is 0 Å². The number of hydrogen-bond donors (Lipinski definition) is 1. The van der Waals surface area contributed by atoms with Crippen LogP contribution in [0.15, 0.2) is 60.7 Å². The molecular weight excluding hydrogens is 288 g/mol. The van der Waals surface area contributed by atoms with E-state index in [1.54, 1.807) is 6.07 Å². The number of benzene rings is 3. The third kappa shape index (κ3) is 2.96. The summed E-state index contributed by atoms with van der Waals surface area (Å²) in [6, 6.07) is 19.8. The lowest BCUT2D eigenvalue weighted by molar-refractivity contribution is 0.0600. The molecule has 0 aromatic heterocycles. The van der Waals surface area contributed by atoms with Gasteiger partial charge in [0.25, 0.3) is 0 Å². The van der Waals surface area contributed by atoms with Crippen LogP contribution in [0.25, 0.3) is 21.9 Å². The third-order valence-corrected chi connectivity index (χ3v) is 3.97. The number of carbonyl (C=O) groups is 1. The average molecular weight is 306 g/mol. The number of fused-ring (bicyclic) bond motifs is 1. The summed E-state index contributed by atoms with van der Waals surface area (Å²) >= 11 is 0. The van der Waals surface area contributed by atoms with E-state index in [-0.39, 0.29) is 12.6 Å². The van der Waals surface area contributed by atoms with Gasteiger partial charge in [-0.1, -0.05) is 48.5 Å². The maximum absolute atomic E-state index is 12.0. The van der Waals surface area contributed by atoms with Crippen molar-refractivity contribution in [2.24, 2.45) is 0 Å². The van der Waals surface area contributed by atoms with Crippen LogP contribution in [-0.2, 0) is 11.2 Å². The molecule has 116 valence electrons. The van der Waals surface area contributed by atoms with Crippen LogP contribution in [0.3, 0.4) is 0 Å². The van der Waals surface area contributed by atoms with Gasteiger partial charge in [-0.25, -0.2) is 4.79 Å². The minimum absolute atomic E-state index is 0.0370. The fourth-order valence-corrected chi connectivity index (χ4v) is 2.90. The van der Waals surface area contributed by atoms with Crippen LogP contribution in [0.4, 0.5) is 0 Å². The summed E-state index contributed by atoms with van der Waals surface area (Å²) < 4.78 is 4.86. The van der Waals surface area contributed by atoms with E-state index in [0.717, 1.165) is 27.5 Å². The molecule has 0 atom stereocenters. The van der Waals surface area contributed by atoms with Crippen LogP contribution in [0, 0.1) is 0 Å². The molecule has 0 spiro atoms. The van der Waals surface area contributed by atoms with E-state index in [4.69, 9.17) is 4.74 Å². The molecule has 0 bridgehead atoms. The molecule has 0 heterocycles. The minimum Gasteiger partial charge on any atom is -0.465 e. The van der Waals surface area contributed by atoms with Gasteiger partial charge in [-0.15, -0.1) is 0 Å². The van der Waals surface area contributed by atoms with Crippen LogP contribution in [0.5, 0.6) is 0 Å². The Morgan fingerprint density at radius 1 is 1.00 bits per heavy atom. The molecule has 0 fully saturated rings. The molecule has 0 saturated carbocycles. The van der Waals surface area contributed by atoms with Gasteiger partial charge in [0.2, 0.25) is 0 Å². The largest absolute Gasteiger partial charge is 0.465 e. The lowest BCUT2D eigenvalue weighted by Gasteiger charge is -2.12. The summed E-state index contributed by atoms with van der Waals surface area (Å²) in [4.78, 5) is 12.0. The fourth-order valence-electron chi connectivity index (χ4n) is 2.90. The maximum Gasteiger partial charge on any atom is 0.337 e. The highest BCUT2D eigenvalue weighted by molar-refractivity contribution is 6.03. The van der Waals surface area contributed by atoms with Gasteiger partial charge in [0.1, 0.15) is 0 Å². The molecule has 3 aromatic rings. The van der Waals surface area contributed by atoms with E-state index >= 15 is 0 Å². The molecule has 0 radical (unpaired) electrons. The van der Waals surface area contributed by atoms with Gasteiger partial charge < -0.3 is 9.84 Å². The van der Waals surface area contributed by atoms with E-state index in [2.05, 4.69) is 0 Å². The fraction of sp³-hybridized carbons (Fsp3) is 0.150. The standard InChI is InChI=1S/C20H18O3/c1-23-20(22)16-12-15(10-11-21)18-9-5-8-17(19(18)13-16)14-6-3-2-4-7-14/h2-9,12-13,21H,10-11H2,1H3. The van der Waals surface area contributed by atoms with E-state index in [1.165, 1.54) is 7.11 Å². The van der Waals surface area contributed by atoms with Crippen molar-refractivity contribution >= 4 is 16.7 Å². The number of esters is 1. The van der Waals surface area contributed by atoms with E-state index in [1.807, 2.05) is 54.6 Å². The summed E-state index contributed by atoms with van der Waals surface area (Å²) in [5.41, 5.74) is 3.61. The Labute approximate surface area is 135 Å². The van der Waals surface area contributed by atoms with Gasteiger partial charge in [0.15, 0.2) is 0 Å². The Kier molecular flexibility index (Phi) is 4.40. The van der Waals surface area contributed by atoms with Crippen molar-refractivity contribution in [3.8, 4) is 11.1 Å². The van der Waals surface area contributed by atoms with Crippen LogP contribution >= 0.6 is 0 Å². The van der Waals surface area contributed by atoms with Gasteiger partial charge in [-0.3, -0.25) is 0 Å². The van der Waals surface area contributed by atoms with Crippen LogP contribution in [0.1, 0.15) is 15.9 Å². The van der Waals surface area contributed by atoms with Crippen molar-refractivity contribution in [2.45, 2.75) is 6.42 Å². The first-order chi connectivity index (χ1) is 11.2. The molecular formula is C20H18O3. The van der Waals surface area contributed by atoms with E-state index in [9.17, 15) is 9.90 Å². The molecule has 0 aliphatic heterocycles. The van der Waals surface area contributed by atoms with Gasteiger partial charge in [0, 0.05) is 6.61 Å². The molecule has 3 nitrogen and oxygen atoms in total. The number of hydrogen-bond acceptors (Lipinski definition) is 3. The summed E-state index contributed by atoms with van der Waals surface area (Å²) in [6.45, 7) is 0.0370. The molecule has 0 amide bonds. The zero-order valence-electron chi connectivity index (χ0n) is 13.0. The number of rotatable bonds is 4. The summed E-state index contributed by atoms with van der Waals surface area (Å²) in [6.07, 6.45) is 0.500. The number of aliphatic hydroxyl groups is 1. The summed E-state index contributed by atoms with van der Waals surface area (Å²) in [7, 11) is 1.38. The molecule has 0 aliphatic carbocycles. The first-order valence-electron chi connectivity index (χ1n) is 7.55. The lowest BCUT2D eigenvalue weighted by Crippen LogP contribution is -2.04. The first kappa shape index (κ1) is 15.3. The number of methoxy groups -OCH3 is 1. The molecule has 3 rings (SSSR count). The Morgan fingerprint density at radius 2 is 1.78 bits per heavy atom. The van der Waals surface area contributed by atoms with Gasteiger partial charge in [-0.05, 0) is 46.0 Å². The average Bonchev–Trinajstić information content (AvgIpc) is 2.61. The maximum atomic E-state index is 12.0. The molecule has 3 heteroatoms. The Morgan fingerprint density at radius 3 is 2.48 bits per heavy atom. The van der Waals surface area contributed by atoms with Crippen molar-refractivity contribution in [2.75, 3.05) is 13.7 Å². The predicted octanol–water partition coefficient (Wildman–Crippen LogP) is 3.83. The van der Waals surface area contributed by atoms with Crippen LogP contribution in [0.2, 0.25) is 0 Å². The molecule has 23 heavy (non-hydrogen) atoms. The Balaban J connectivity index is 2.30.